The maximum Gasteiger partial charge on any atom is -0.00367 e. The summed E-state index contributed by atoms with van der Waals surface area (Å²) in [6.07, 6.45) is 0.987. The lowest BCUT2D eigenvalue weighted by Gasteiger charge is -2.43. The second-order valence-electron chi connectivity index (χ2n) is 13.8. The fourth-order valence-electron chi connectivity index (χ4n) is 5.69. The molecule has 0 amide bonds. The summed E-state index contributed by atoms with van der Waals surface area (Å²) in [5.74, 6) is 1.55. The first-order valence-electron chi connectivity index (χ1n) is 14.9. The van der Waals surface area contributed by atoms with Gasteiger partial charge in [0.2, 0.25) is 0 Å². The fourth-order valence-corrected chi connectivity index (χ4v) is 9.81. The van der Waals surface area contributed by atoms with E-state index in [1.165, 1.54) is 33.4 Å². The van der Waals surface area contributed by atoms with Crippen LogP contribution in [0.5, 0.6) is 0 Å². The van der Waals surface area contributed by atoms with Crippen molar-refractivity contribution in [2.45, 2.75) is 118 Å². The SMILES string of the molecule is CC(C)c1cc(C(C)C)c(-c2ccccc2P(C(C)(C)C)C(C)(C)C)c(C(C)C)c1.NCCc1ccccc1. The summed E-state index contributed by atoms with van der Waals surface area (Å²) in [6.45, 7) is 29.3. The van der Waals surface area contributed by atoms with Crippen molar-refractivity contribution >= 4 is 13.2 Å². The minimum Gasteiger partial charge on any atom is -0.330 e. The molecular formula is C37H56NP. The quantitative estimate of drug-likeness (QED) is 0.294. The molecular weight excluding hydrogens is 489 g/mol. The Hall–Kier alpha value is -1.95. The minimum atomic E-state index is -0.366. The van der Waals surface area contributed by atoms with Crippen molar-refractivity contribution < 1.29 is 0 Å². The standard InChI is InChI=1S/C29H45P.C8H11N/c1-19(2)22-17-24(20(3)4)27(25(18-22)21(5)6)23-15-13-14-16-26(23)30(28(7,8)9)29(10,11)12;9-7-6-8-4-2-1-3-5-8/h13-21H,1-12H3;1-5H,6-7,9H2. The molecule has 1 nitrogen and oxygen atoms in total. The van der Waals surface area contributed by atoms with E-state index in [1.807, 2.05) is 18.2 Å². The molecule has 0 radical (unpaired) electrons. The van der Waals surface area contributed by atoms with E-state index < -0.39 is 0 Å². The van der Waals surface area contributed by atoms with Crippen molar-refractivity contribution in [1.29, 1.82) is 0 Å². The highest BCUT2D eigenvalue weighted by Gasteiger charge is 2.37. The van der Waals surface area contributed by atoms with Crippen molar-refractivity contribution in [3.05, 3.63) is 89.0 Å². The van der Waals surface area contributed by atoms with Crippen LogP contribution >= 0.6 is 7.92 Å². The minimum absolute atomic E-state index is 0.248. The molecule has 39 heavy (non-hydrogen) atoms. The zero-order chi connectivity index (χ0) is 29.5. The summed E-state index contributed by atoms with van der Waals surface area (Å²) in [4.78, 5) is 0. The van der Waals surface area contributed by atoms with Crippen LogP contribution in [-0.4, -0.2) is 16.9 Å². The summed E-state index contributed by atoms with van der Waals surface area (Å²) >= 11 is 0. The van der Waals surface area contributed by atoms with Gasteiger partial charge < -0.3 is 5.73 Å². The lowest BCUT2D eigenvalue weighted by atomic mass is 9.82. The third-order valence-corrected chi connectivity index (χ3v) is 10.7. The highest BCUT2D eigenvalue weighted by molar-refractivity contribution is 7.68. The summed E-state index contributed by atoms with van der Waals surface area (Å²) in [6, 6.07) is 24.5. The molecule has 0 fully saturated rings. The van der Waals surface area contributed by atoms with E-state index >= 15 is 0 Å². The van der Waals surface area contributed by atoms with Crippen LogP contribution < -0.4 is 11.0 Å². The summed E-state index contributed by atoms with van der Waals surface area (Å²) in [7, 11) is -0.366. The van der Waals surface area contributed by atoms with Crippen LogP contribution in [0.1, 0.15) is 123 Å². The Bertz CT molecular complexity index is 1120. The highest BCUT2D eigenvalue weighted by atomic mass is 31.1. The Balaban J connectivity index is 0.000000499. The summed E-state index contributed by atoms with van der Waals surface area (Å²) in [5.41, 5.74) is 14.1. The van der Waals surface area contributed by atoms with Crippen molar-refractivity contribution in [3.8, 4) is 11.1 Å². The topological polar surface area (TPSA) is 26.0 Å². The number of rotatable bonds is 7. The molecule has 2 N–H and O–H groups in total. The average molecular weight is 546 g/mol. The van der Waals surface area contributed by atoms with Crippen LogP contribution in [0.3, 0.4) is 0 Å². The smallest absolute Gasteiger partial charge is 0.00367 e. The Morgan fingerprint density at radius 2 is 1.10 bits per heavy atom. The van der Waals surface area contributed by atoms with Gasteiger partial charge in [0.25, 0.3) is 0 Å². The van der Waals surface area contributed by atoms with Gasteiger partial charge in [-0.15, -0.1) is 0 Å². The van der Waals surface area contributed by atoms with E-state index in [1.54, 1.807) is 5.30 Å². The molecule has 0 aliphatic rings. The Morgan fingerprint density at radius 1 is 0.641 bits per heavy atom. The van der Waals surface area contributed by atoms with E-state index in [0.717, 1.165) is 13.0 Å². The van der Waals surface area contributed by atoms with Crippen LogP contribution in [0.2, 0.25) is 0 Å². The fraction of sp³-hybridized carbons (Fsp3) is 0.514. The van der Waals surface area contributed by atoms with E-state index in [4.69, 9.17) is 5.73 Å². The van der Waals surface area contributed by atoms with E-state index in [-0.39, 0.29) is 18.2 Å². The van der Waals surface area contributed by atoms with Crippen molar-refractivity contribution in [2.24, 2.45) is 5.73 Å². The first-order chi connectivity index (χ1) is 18.1. The summed E-state index contributed by atoms with van der Waals surface area (Å²) in [5, 5.41) is 2.06. The van der Waals surface area contributed by atoms with Gasteiger partial charge in [-0.2, -0.15) is 0 Å². The lowest BCUT2D eigenvalue weighted by molar-refractivity contribution is 0.715. The molecule has 0 saturated heterocycles. The number of benzene rings is 3. The van der Waals surface area contributed by atoms with Crippen molar-refractivity contribution in [1.82, 2.24) is 0 Å². The molecule has 2 heteroatoms. The van der Waals surface area contributed by atoms with Crippen molar-refractivity contribution in [2.75, 3.05) is 6.54 Å². The zero-order valence-electron chi connectivity index (χ0n) is 27.0. The van der Waals surface area contributed by atoms with Crippen LogP contribution in [0.25, 0.3) is 11.1 Å². The first kappa shape index (κ1) is 33.3. The second kappa shape index (κ2) is 14.1. The van der Waals surface area contributed by atoms with Gasteiger partial charge in [-0.3, -0.25) is 0 Å². The van der Waals surface area contributed by atoms with Gasteiger partial charge in [-0.25, -0.2) is 0 Å². The molecule has 0 saturated carbocycles. The third-order valence-electron chi connectivity index (χ3n) is 7.16. The molecule has 0 heterocycles. The van der Waals surface area contributed by atoms with Gasteiger partial charge in [0.15, 0.2) is 0 Å². The molecule has 0 atom stereocenters. The van der Waals surface area contributed by atoms with Gasteiger partial charge in [0.05, 0.1) is 0 Å². The van der Waals surface area contributed by atoms with E-state index in [9.17, 15) is 0 Å². The second-order valence-corrected chi connectivity index (χ2v) is 17.6. The molecule has 3 rings (SSSR count). The van der Waals surface area contributed by atoms with E-state index in [2.05, 4.69) is 132 Å². The predicted octanol–water partition coefficient (Wildman–Crippen LogP) is 10.6. The lowest BCUT2D eigenvalue weighted by Crippen LogP contribution is -2.32. The Kier molecular flexibility index (Phi) is 12.0. The molecule has 0 aromatic heterocycles. The predicted molar refractivity (Wildman–Crippen MR) is 179 cm³/mol. The van der Waals surface area contributed by atoms with Gasteiger partial charge in [0, 0.05) is 0 Å². The van der Waals surface area contributed by atoms with Crippen LogP contribution in [0, 0.1) is 0 Å². The van der Waals surface area contributed by atoms with Gasteiger partial charge in [-0.1, -0.05) is 158 Å². The molecule has 0 aliphatic heterocycles. The maximum atomic E-state index is 5.36. The third kappa shape index (κ3) is 9.03. The molecule has 3 aromatic carbocycles. The molecule has 0 aliphatic carbocycles. The van der Waals surface area contributed by atoms with Crippen LogP contribution in [0.4, 0.5) is 0 Å². The Labute approximate surface area is 242 Å². The van der Waals surface area contributed by atoms with Crippen LogP contribution in [-0.2, 0) is 6.42 Å². The Morgan fingerprint density at radius 3 is 1.51 bits per heavy atom. The average Bonchev–Trinajstić information content (AvgIpc) is 2.83. The highest BCUT2D eigenvalue weighted by Crippen LogP contribution is 2.59. The van der Waals surface area contributed by atoms with Crippen molar-refractivity contribution in [3.63, 3.8) is 0 Å². The number of nitrogens with two attached hydrogens (primary N) is 1. The molecule has 214 valence electrons. The maximum absolute atomic E-state index is 5.36. The normalized spacial score (nSPS) is 12.3. The largest absolute Gasteiger partial charge is 0.330 e. The molecule has 0 spiro atoms. The van der Waals surface area contributed by atoms with Gasteiger partial charge in [0.1, 0.15) is 0 Å². The zero-order valence-corrected chi connectivity index (χ0v) is 27.9. The van der Waals surface area contributed by atoms with Gasteiger partial charge >= 0.3 is 0 Å². The number of hydrogen-bond acceptors (Lipinski definition) is 1. The molecule has 0 bridgehead atoms. The molecule has 0 unspecified atom stereocenters. The summed E-state index contributed by atoms with van der Waals surface area (Å²) < 4.78 is 0. The van der Waals surface area contributed by atoms with Crippen LogP contribution in [0.15, 0.2) is 66.7 Å². The number of hydrogen-bond donors (Lipinski definition) is 1. The molecule has 3 aromatic rings. The van der Waals surface area contributed by atoms with Gasteiger partial charge in [-0.05, 0) is 79.7 Å². The monoisotopic (exact) mass is 545 g/mol. The van der Waals surface area contributed by atoms with E-state index in [0.29, 0.717) is 17.8 Å². The first-order valence-corrected chi connectivity index (χ1v) is 16.2.